The zero-order valence-corrected chi connectivity index (χ0v) is 16.6. The van der Waals surface area contributed by atoms with Crippen LogP contribution in [0.4, 0.5) is 11.4 Å². The van der Waals surface area contributed by atoms with Gasteiger partial charge < -0.3 is 14.8 Å². The van der Waals surface area contributed by atoms with Gasteiger partial charge in [0.25, 0.3) is 0 Å². The summed E-state index contributed by atoms with van der Waals surface area (Å²) in [7, 11) is -0.653. The Kier molecular flexibility index (Phi) is 6.68. The van der Waals surface area contributed by atoms with Crippen LogP contribution in [-0.4, -0.2) is 40.8 Å². The topological polar surface area (TPSA) is 84.9 Å². The zero-order valence-electron chi connectivity index (χ0n) is 15.8. The summed E-state index contributed by atoms with van der Waals surface area (Å²) in [5, 5.41) is 2.76. The second kappa shape index (κ2) is 8.77. The van der Waals surface area contributed by atoms with Crippen molar-refractivity contribution in [2.45, 2.75) is 19.4 Å². The third-order valence-corrected chi connectivity index (χ3v) is 5.17. The van der Waals surface area contributed by atoms with E-state index in [0.717, 1.165) is 10.6 Å². The number of ether oxygens (including phenoxy) is 2. The maximum absolute atomic E-state index is 12.8. The minimum Gasteiger partial charge on any atom is -0.497 e. The Bertz CT molecular complexity index is 881. The summed E-state index contributed by atoms with van der Waals surface area (Å²) < 4.78 is 36.3. The lowest BCUT2D eigenvalue weighted by Crippen LogP contribution is -2.47. The molecule has 2 aromatic rings. The molecule has 1 amide bonds. The number of hydrogen-bond donors (Lipinski definition) is 1. The van der Waals surface area contributed by atoms with Crippen molar-refractivity contribution in [3.63, 3.8) is 0 Å². The predicted molar refractivity (Wildman–Crippen MR) is 106 cm³/mol. The van der Waals surface area contributed by atoms with Gasteiger partial charge in [0, 0.05) is 11.8 Å². The van der Waals surface area contributed by atoms with Crippen LogP contribution < -0.4 is 19.1 Å². The normalized spacial score (nSPS) is 12.1. The summed E-state index contributed by atoms with van der Waals surface area (Å²) >= 11 is 0. The van der Waals surface area contributed by atoms with Crippen LogP contribution in [0.5, 0.6) is 11.5 Å². The van der Waals surface area contributed by atoms with E-state index in [1.54, 1.807) is 62.6 Å². The van der Waals surface area contributed by atoms with Crippen LogP contribution in [0.1, 0.15) is 13.3 Å². The number of anilines is 2. The predicted octanol–water partition coefficient (Wildman–Crippen LogP) is 2.89. The van der Waals surface area contributed by atoms with Gasteiger partial charge in [-0.1, -0.05) is 13.0 Å². The van der Waals surface area contributed by atoms with Crippen LogP contribution in [0.3, 0.4) is 0 Å². The largest absolute Gasteiger partial charge is 0.497 e. The Hall–Kier alpha value is -2.74. The summed E-state index contributed by atoms with van der Waals surface area (Å²) in [4.78, 5) is 12.8. The highest BCUT2D eigenvalue weighted by atomic mass is 32.2. The van der Waals surface area contributed by atoms with Gasteiger partial charge in [0.15, 0.2) is 0 Å². The molecule has 0 saturated heterocycles. The molecule has 8 heteroatoms. The second-order valence-electron chi connectivity index (χ2n) is 5.90. The number of methoxy groups -OCH3 is 2. The molecule has 0 spiro atoms. The molecule has 0 aliphatic carbocycles. The molecule has 0 aromatic heterocycles. The van der Waals surface area contributed by atoms with Crippen LogP contribution in [0.25, 0.3) is 0 Å². The van der Waals surface area contributed by atoms with Gasteiger partial charge in [0.05, 0.1) is 26.2 Å². The van der Waals surface area contributed by atoms with E-state index in [4.69, 9.17) is 9.47 Å². The van der Waals surface area contributed by atoms with Gasteiger partial charge in [-0.3, -0.25) is 9.10 Å². The van der Waals surface area contributed by atoms with Crippen molar-refractivity contribution >= 4 is 27.3 Å². The molecule has 0 aliphatic heterocycles. The molecule has 0 saturated carbocycles. The van der Waals surface area contributed by atoms with E-state index in [-0.39, 0.29) is 0 Å². The molecule has 146 valence electrons. The maximum Gasteiger partial charge on any atom is 0.248 e. The standard InChI is InChI=1S/C19H24N2O5S/c1-5-18(19(22)20-14-9-11-16(25-2)12-10-14)21(27(4,23)24)15-7-6-8-17(13-15)26-3/h6-13,18H,5H2,1-4H3,(H,20,22)/t18-/m1/s1. The molecule has 7 nitrogen and oxygen atoms in total. The average molecular weight is 392 g/mol. The van der Waals surface area contributed by atoms with Crippen molar-refractivity contribution in [3.05, 3.63) is 48.5 Å². The fourth-order valence-corrected chi connectivity index (χ4v) is 3.91. The van der Waals surface area contributed by atoms with Crippen LogP contribution in [0.15, 0.2) is 48.5 Å². The number of carbonyl (C=O) groups is 1. The SMILES string of the molecule is CC[C@H](C(=O)Nc1ccc(OC)cc1)N(c1cccc(OC)c1)S(C)(=O)=O. The molecule has 0 heterocycles. The number of benzene rings is 2. The van der Waals surface area contributed by atoms with Crippen LogP contribution in [0.2, 0.25) is 0 Å². The second-order valence-corrected chi connectivity index (χ2v) is 7.76. The first kappa shape index (κ1) is 20.6. The molecule has 0 radical (unpaired) electrons. The highest BCUT2D eigenvalue weighted by Crippen LogP contribution is 2.27. The maximum atomic E-state index is 12.8. The van der Waals surface area contributed by atoms with Gasteiger partial charge in [0.2, 0.25) is 15.9 Å². The van der Waals surface area contributed by atoms with Crippen LogP contribution in [0, 0.1) is 0 Å². The molecule has 2 aromatic carbocycles. The molecular formula is C19H24N2O5S. The summed E-state index contributed by atoms with van der Waals surface area (Å²) in [5.41, 5.74) is 0.923. The minimum atomic E-state index is -3.71. The van der Waals surface area contributed by atoms with Crippen molar-refractivity contribution < 1.29 is 22.7 Å². The molecule has 2 rings (SSSR count). The summed E-state index contributed by atoms with van der Waals surface area (Å²) in [6, 6.07) is 12.5. The Labute approximate surface area is 160 Å². The highest BCUT2D eigenvalue weighted by Gasteiger charge is 2.31. The lowest BCUT2D eigenvalue weighted by Gasteiger charge is -2.30. The van der Waals surface area contributed by atoms with Gasteiger partial charge in [-0.25, -0.2) is 8.42 Å². The van der Waals surface area contributed by atoms with Crippen molar-refractivity contribution in [3.8, 4) is 11.5 Å². The zero-order chi connectivity index (χ0) is 20.0. The van der Waals surface area contributed by atoms with Crippen molar-refractivity contribution in [1.82, 2.24) is 0 Å². The number of amides is 1. The van der Waals surface area contributed by atoms with E-state index in [0.29, 0.717) is 29.3 Å². The minimum absolute atomic E-state index is 0.298. The Morgan fingerprint density at radius 2 is 1.70 bits per heavy atom. The first-order valence-electron chi connectivity index (χ1n) is 8.38. The lowest BCUT2D eigenvalue weighted by molar-refractivity contribution is -0.117. The molecule has 1 N–H and O–H groups in total. The van der Waals surface area contributed by atoms with Crippen LogP contribution in [-0.2, 0) is 14.8 Å². The number of hydrogen-bond acceptors (Lipinski definition) is 5. The third-order valence-electron chi connectivity index (χ3n) is 4.00. The number of sulfonamides is 1. The van der Waals surface area contributed by atoms with E-state index >= 15 is 0 Å². The molecular weight excluding hydrogens is 368 g/mol. The number of rotatable bonds is 8. The molecule has 27 heavy (non-hydrogen) atoms. The van der Waals surface area contributed by atoms with Gasteiger partial charge in [-0.05, 0) is 42.8 Å². The van der Waals surface area contributed by atoms with E-state index in [9.17, 15) is 13.2 Å². The highest BCUT2D eigenvalue weighted by molar-refractivity contribution is 7.92. The smallest absolute Gasteiger partial charge is 0.248 e. The summed E-state index contributed by atoms with van der Waals surface area (Å²) in [5.74, 6) is 0.747. The first-order valence-corrected chi connectivity index (χ1v) is 10.2. The lowest BCUT2D eigenvalue weighted by atomic mass is 10.1. The van der Waals surface area contributed by atoms with E-state index in [2.05, 4.69) is 5.32 Å². The quantitative estimate of drug-likeness (QED) is 0.747. The van der Waals surface area contributed by atoms with Gasteiger partial charge >= 0.3 is 0 Å². The first-order chi connectivity index (χ1) is 12.8. The van der Waals surface area contributed by atoms with E-state index in [1.807, 2.05) is 0 Å². The summed E-state index contributed by atoms with van der Waals surface area (Å²) in [6.07, 6.45) is 1.38. The number of nitrogens with one attached hydrogen (secondary N) is 1. The monoisotopic (exact) mass is 392 g/mol. The van der Waals surface area contributed by atoms with Crippen molar-refractivity contribution in [2.24, 2.45) is 0 Å². The Balaban J connectivity index is 2.34. The van der Waals surface area contributed by atoms with E-state index < -0.39 is 22.0 Å². The molecule has 0 aliphatic rings. The third kappa shape index (κ3) is 5.13. The fourth-order valence-electron chi connectivity index (χ4n) is 2.71. The molecule has 0 unspecified atom stereocenters. The fraction of sp³-hybridized carbons (Fsp3) is 0.316. The number of nitrogens with zero attached hydrogens (tertiary/aromatic N) is 1. The van der Waals surface area contributed by atoms with Crippen LogP contribution >= 0.6 is 0 Å². The van der Waals surface area contributed by atoms with Crippen molar-refractivity contribution in [1.29, 1.82) is 0 Å². The van der Waals surface area contributed by atoms with E-state index in [1.165, 1.54) is 7.11 Å². The Morgan fingerprint density at radius 1 is 1.07 bits per heavy atom. The van der Waals surface area contributed by atoms with Gasteiger partial charge in [-0.15, -0.1) is 0 Å². The molecule has 1 atom stereocenters. The number of carbonyl (C=O) groups excluding carboxylic acids is 1. The summed E-state index contributed by atoms with van der Waals surface area (Å²) in [6.45, 7) is 1.76. The molecule has 0 fully saturated rings. The van der Waals surface area contributed by atoms with Gasteiger partial charge in [0.1, 0.15) is 17.5 Å². The Morgan fingerprint density at radius 3 is 2.22 bits per heavy atom. The average Bonchev–Trinajstić information content (AvgIpc) is 2.65. The van der Waals surface area contributed by atoms with Gasteiger partial charge in [-0.2, -0.15) is 0 Å². The van der Waals surface area contributed by atoms with Crippen molar-refractivity contribution in [2.75, 3.05) is 30.1 Å². The molecule has 0 bridgehead atoms.